The van der Waals surface area contributed by atoms with E-state index in [9.17, 15) is 0 Å². The van der Waals surface area contributed by atoms with Gasteiger partial charge in [-0.15, -0.1) is 0 Å². The summed E-state index contributed by atoms with van der Waals surface area (Å²) in [6, 6.07) is 6.84. The maximum Gasteiger partial charge on any atom is 0.0376 e. The molecule has 0 bridgehead atoms. The Labute approximate surface area is 85.7 Å². The molecule has 0 aliphatic carbocycles. The number of benzene rings is 1. The summed E-state index contributed by atoms with van der Waals surface area (Å²) in [4.78, 5) is 0. The molecule has 0 radical (unpaired) electrons. The maximum atomic E-state index is 3.42. The Kier molecular flexibility index (Phi) is 3.04. The van der Waals surface area contributed by atoms with Gasteiger partial charge >= 0.3 is 0 Å². The van der Waals surface area contributed by atoms with Gasteiger partial charge in [0.05, 0.1) is 0 Å². The number of fused-ring (bicyclic) bond motifs is 1. The normalized spacial score (nSPS) is 13.8. The fourth-order valence-electron chi connectivity index (χ4n) is 1.96. The standard InChI is InChI=1S/C12H18N2/c1-13-7-2-3-10-4-5-11-6-8-14-12(11)9-10/h4-5,9,13-14H,2-3,6-8H2,1H3. The molecule has 0 spiro atoms. The molecule has 0 amide bonds. The maximum absolute atomic E-state index is 3.42. The van der Waals surface area contributed by atoms with Crippen molar-refractivity contribution in [2.24, 2.45) is 0 Å². The predicted molar refractivity (Wildman–Crippen MR) is 60.9 cm³/mol. The average Bonchev–Trinajstić information content (AvgIpc) is 2.65. The quantitative estimate of drug-likeness (QED) is 0.708. The predicted octanol–water partition coefficient (Wildman–Crippen LogP) is 1.81. The van der Waals surface area contributed by atoms with Crippen LogP contribution in [0.4, 0.5) is 5.69 Å². The number of hydrogen-bond acceptors (Lipinski definition) is 2. The van der Waals surface area contributed by atoms with E-state index in [0.717, 1.165) is 13.1 Å². The number of anilines is 1. The molecule has 0 atom stereocenters. The molecule has 0 saturated heterocycles. The molecule has 1 aliphatic rings. The van der Waals surface area contributed by atoms with Crippen molar-refractivity contribution >= 4 is 5.69 Å². The highest BCUT2D eigenvalue weighted by atomic mass is 14.9. The van der Waals surface area contributed by atoms with E-state index in [1.807, 2.05) is 7.05 Å². The lowest BCUT2D eigenvalue weighted by atomic mass is 10.1. The molecule has 0 saturated carbocycles. The van der Waals surface area contributed by atoms with Crippen LogP contribution < -0.4 is 10.6 Å². The van der Waals surface area contributed by atoms with Crippen LogP contribution in [0, 0.1) is 0 Å². The largest absolute Gasteiger partial charge is 0.384 e. The van der Waals surface area contributed by atoms with Crippen molar-refractivity contribution in [3.63, 3.8) is 0 Å². The summed E-state index contributed by atoms with van der Waals surface area (Å²) >= 11 is 0. The third-order valence-corrected chi connectivity index (χ3v) is 2.78. The van der Waals surface area contributed by atoms with E-state index in [4.69, 9.17) is 0 Å². The second-order valence-electron chi connectivity index (χ2n) is 3.88. The van der Waals surface area contributed by atoms with E-state index < -0.39 is 0 Å². The molecule has 1 aromatic carbocycles. The van der Waals surface area contributed by atoms with Crippen molar-refractivity contribution < 1.29 is 0 Å². The first-order valence-corrected chi connectivity index (χ1v) is 5.40. The second-order valence-corrected chi connectivity index (χ2v) is 3.88. The van der Waals surface area contributed by atoms with Gasteiger partial charge in [0.15, 0.2) is 0 Å². The molecule has 0 fully saturated rings. The van der Waals surface area contributed by atoms with Crippen LogP contribution in [0.25, 0.3) is 0 Å². The fraction of sp³-hybridized carbons (Fsp3) is 0.500. The molecule has 0 aromatic heterocycles. The molecule has 1 aliphatic heterocycles. The van der Waals surface area contributed by atoms with Crippen molar-refractivity contribution in [2.45, 2.75) is 19.3 Å². The van der Waals surface area contributed by atoms with E-state index in [2.05, 4.69) is 28.8 Å². The van der Waals surface area contributed by atoms with Gasteiger partial charge in [-0.2, -0.15) is 0 Å². The first-order valence-electron chi connectivity index (χ1n) is 5.40. The van der Waals surface area contributed by atoms with Gasteiger partial charge in [0, 0.05) is 12.2 Å². The van der Waals surface area contributed by atoms with Crippen molar-refractivity contribution in [1.82, 2.24) is 5.32 Å². The minimum Gasteiger partial charge on any atom is -0.384 e. The van der Waals surface area contributed by atoms with Crippen LogP contribution in [0.3, 0.4) is 0 Å². The minimum absolute atomic E-state index is 1.10. The van der Waals surface area contributed by atoms with Crippen molar-refractivity contribution in [3.8, 4) is 0 Å². The Morgan fingerprint density at radius 3 is 3.21 bits per heavy atom. The first kappa shape index (κ1) is 9.53. The lowest BCUT2D eigenvalue weighted by Crippen LogP contribution is -2.08. The van der Waals surface area contributed by atoms with Crippen LogP contribution in [0.1, 0.15) is 17.5 Å². The van der Waals surface area contributed by atoms with Gasteiger partial charge in [-0.25, -0.2) is 0 Å². The molecule has 2 nitrogen and oxygen atoms in total. The summed E-state index contributed by atoms with van der Waals surface area (Å²) in [5.74, 6) is 0. The second kappa shape index (κ2) is 4.47. The molecule has 2 heteroatoms. The lowest BCUT2D eigenvalue weighted by molar-refractivity contribution is 0.725. The molecular weight excluding hydrogens is 172 g/mol. The van der Waals surface area contributed by atoms with E-state index in [1.54, 1.807) is 0 Å². The van der Waals surface area contributed by atoms with Gasteiger partial charge in [-0.05, 0) is 50.0 Å². The average molecular weight is 190 g/mol. The lowest BCUT2D eigenvalue weighted by Gasteiger charge is -2.04. The van der Waals surface area contributed by atoms with Crippen LogP contribution in [-0.4, -0.2) is 20.1 Å². The van der Waals surface area contributed by atoms with Gasteiger partial charge in [0.2, 0.25) is 0 Å². The Balaban J connectivity index is 1.98. The number of nitrogens with one attached hydrogen (secondary N) is 2. The minimum atomic E-state index is 1.10. The van der Waals surface area contributed by atoms with Gasteiger partial charge in [0.1, 0.15) is 0 Å². The van der Waals surface area contributed by atoms with Crippen LogP contribution in [-0.2, 0) is 12.8 Å². The molecule has 0 unspecified atom stereocenters. The third-order valence-electron chi connectivity index (χ3n) is 2.78. The zero-order valence-electron chi connectivity index (χ0n) is 8.77. The first-order chi connectivity index (χ1) is 6.90. The van der Waals surface area contributed by atoms with Crippen LogP contribution in [0.5, 0.6) is 0 Å². The van der Waals surface area contributed by atoms with Crippen LogP contribution >= 0.6 is 0 Å². The SMILES string of the molecule is CNCCCc1ccc2c(c1)NCC2. The molecule has 1 heterocycles. The van der Waals surface area contributed by atoms with E-state index in [-0.39, 0.29) is 0 Å². The highest BCUT2D eigenvalue weighted by Gasteiger charge is 2.09. The Bertz CT molecular complexity index is 307. The van der Waals surface area contributed by atoms with Gasteiger partial charge in [-0.1, -0.05) is 12.1 Å². The topological polar surface area (TPSA) is 24.1 Å². The molecule has 2 rings (SSSR count). The van der Waals surface area contributed by atoms with E-state index in [0.29, 0.717) is 0 Å². The molecule has 14 heavy (non-hydrogen) atoms. The van der Waals surface area contributed by atoms with Crippen molar-refractivity contribution in [1.29, 1.82) is 0 Å². The van der Waals surface area contributed by atoms with Gasteiger partial charge in [0.25, 0.3) is 0 Å². The summed E-state index contributed by atoms with van der Waals surface area (Å²) in [5, 5.41) is 6.59. The van der Waals surface area contributed by atoms with Gasteiger partial charge in [-0.3, -0.25) is 0 Å². The number of hydrogen-bond donors (Lipinski definition) is 2. The van der Waals surface area contributed by atoms with Crippen molar-refractivity contribution in [3.05, 3.63) is 29.3 Å². The zero-order chi connectivity index (χ0) is 9.80. The molecular formula is C12H18N2. The summed E-state index contributed by atoms with van der Waals surface area (Å²) in [5.41, 5.74) is 4.28. The fourth-order valence-corrected chi connectivity index (χ4v) is 1.96. The van der Waals surface area contributed by atoms with E-state index >= 15 is 0 Å². The summed E-state index contributed by atoms with van der Waals surface area (Å²) in [6.45, 7) is 2.21. The number of aryl methyl sites for hydroxylation is 1. The Hall–Kier alpha value is -1.02. The van der Waals surface area contributed by atoms with Crippen LogP contribution in [0.15, 0.2) is 18.2 Å². The van der Waals surface area contributed by atoms with E-state index in [1.165, 1.54) is 36.1 Å². The molecule has 1 aromatic rings. The summed E-state index contributed by atoms with van der Waals surface area (Å²) in [7, 11) is 2.00. The zero-order valence-corrected chi connectivity index (χ0v) is 8.77. The monoisotopic (exact) mass is 190 g/mol. The molecule has 2 N–H and O–H groups in total. The van der Waals surface area contributed by atoms with Crippen molar-refractivity contribution in [2.75, 3.05) is 25.5 Å². The highest BCUT2D eigenvalue weighted by molar-refractivity contribution is 5.57. The Morgan fingerprint density at radius 2 is 2.36 bits per heavy atom. The summed E-state index contributed by atoms with van der Waals surface area (Å²) in [6.07, 6.45) is 3.58. The summed E-state index contributed by atoms with van der Waals surface area (Å²) < 4.78 is 0. The van der Waals surface area contributed by atoms with Crippen LogP contribution in [0.2, 0.25) is 0 Å². The smallest absolute Gasteiger partial charge is 0.0376 e. The van der Waals surface area contributed by atoms with Gasteiger partial charge < -0.3 is 10.6 Å². The highest BCUT2D eigenvalue weighted by Crippen LogP contribution is 2.23. The Morgan fingerprint density at radius 1 is 1.43 bits per heavy atom. The molecule has 76 valence electrons. The third kappa shape index (κ3) is 2.07. The number of rotatable bonds is 4.